The van der Waals surface area contributed by atoms with Crippen LogP contribution in [0.15, 0.2) is 24.3 Å². The lowest BCUT2D eigenvalue weighted by atomic mass is 10.1. The fourth-order valence-corrected chi connectivity index (χ4v) is 1.97. The molecule has 5 heteroatoms. The number of hydrogen-bond donors (Lipinski definition) is 1. The van der Waals surface area contributed by atoms with E-state index in [9.17, 15) is 4.79 Å². The molecule has 0 aliphatic rings. The minimum atomic E-state index is -1.03. The smallest absolute Gasteiger partial charge is 0.356 e. The lowest BCUT2D eigenvalue weighted by Gasteiger charge is -2.08. The molecule has 5 nitrogen and oxygen atoms in total. The van der Waals surface area contributed by atoms with Crippen LogP contribution in [0.2, 0.25) is 0 Å². The van der Waals surface area contributed by atoms with Gasteiger partial charge >= 0.3 is 5.97 Å². The molecule has 0 saturated heterocycles. The molecular weight excluding hydrogens is 244 g/mol. The van der Waals surface area contributed by atoms with Crippen molar-refractivity contribution in [1.82, 2.24) is 9.78 Å². The number of nitrogens with zero attached hydrogens (tertiary/aromatic N) is 2. The first-order valence-corrected chi connectivity index (χ1v) is 6.00. The molecule has 0 bridgehead atoms. The van der Waals surface area contributed by atoms with Gasteiger partial charge in [-0.1, -0.05) is 6.92 Å². The summed E-state index contributed by atoms with van der Waals surface area (Å²) >= 11 is 0. The standard InChI is InChI=1S/C14H16N2O3/c1-4-9-5-10(7-11(6-9)19-3)13-8-12(14(17)18)15-16(13)2/h5-8H,4H2,1-3H3,(H,17,18). The lowest BCUT2D eigenvalue weighted by molar-refractivity contribution is 0.0689. The molecule has 0 atom stereocenters. The van der Waals surface area contributed by atoms with Gasteiger partial charge in [0.25, 0.3) is 0 Å². The maximum atomic E-state index is 10.9. The summed E-state index contributed by atoms with van der Waals surface area (Å²) in [6.45, 7) is 2.06. The van der Waals surface area contributed by atoms with Crippen LogP contribution < -0.4 is 4.74 Å². The van der Waals surface area contributed by atoms with Crippen molar-refractivity contribution in [2.75, 3.05) is 7.11 Å². The number of methoxy groups -OCH3 is 1. The third-order valence-corrected chi connectivity index (χ3v) is 3.00. The topological polar surface area (TPSA) is 64.3 Å². The molecule has 0 aliphatic carbocycles. The monoisotopic (exact) mass is 260 g/mol. The van der Waals surface area contributed by atoms with Gasteiger partial charge in [-0.15, -0.1) is 0 Å². The fourth-order valence-electron chi connectivity index (χ4n) is 1.97. The van der Waals surface area contributed by atoms with Crippen molar-refractivity contribution in [1.29, 1.82) is 0 Å². The predicted molar refractivity (Wildman–Crippen MR) is 71.5 cm³/mol. The van der Waals surface area contributed by atoms with Gasteiger partial charge in [0.05, 0.1) is 12.8 Å². The number of aromatic nitrogens is 2. The quantitative estimate of drug-likeness (QED) is 0.916. The van der Waals surface area contributed by atoms with Gasteiger partial charge < -0.3 is 9.84 Å². The molecule has 0 saturated carbocycles. The number of carboxylic acid groups (broad SMARTS) is 1. The fraction of sp³-hybridized carbons (Fsp3) is 0.286. The minimum absolute atomic E-state index is 0.0402. The van der Waals surface area contributed by atoms with E-state index in [-0.39, 0.29) is 5.69 Å². The molecule has 1 aromatic carbocycles. The van der Waals surface area contributed by atoms with Crippen LogP contribution >= 0.6 is 0 Å². The van der Waals surface area contributed by atoms with Gasteiger partial charge in [-0.25, -0.2) is 4.79 Å². The largest absolute Gasteiger partial charge is 0.497 e. The van der Waals surface area contributed by atoms with Crippen molar-refractivity contribution in [3.8, 4) is 17.0 Å². The first-order valence-electron chi connectivity index (χ1n) is 6.00. The molecule has 1 N–H and O–H groups in total. The number of aryl methyl sites for hydroxylation is 2. The Morgan fingerprint density at radius 1 is 1.37 bits per heavy atom. The average Bonchev–Trinajstić information content (AvgIpc) is 2.80. The Kier molecular flexibility index (Phi) is 3.55. The summed E-state index contributed by atoms with van der Waals surface area (Å²) in [5, 5.41) is 12.9. The van der Waals surface area contributed by atoms with Gasteiger partial charge in [0.15, 0.2) is 5.69 Å². The highest BCUT2D eigenvalue weighted by Gasteiger charge is 2.13. The van der Waals surface area contributed by atoms with Crippen LogP contribution in [-0.4, -0.2) is 28.0 Å². The van der Waals surface area contributed by atoms with Crippen LogP contribution in [0.25, 0.3) is 11.3 Å². The zero-order chi connectivity index (χ0) is 14.0. The number of ether oxygens (including phenoxy) is 1. The summed E-state index contributed by atoms with van der Waals surface area (Å²) in [6.07, 6.45) is 0.883. The molecule has 0 amide bonds. The summed E-state index contributed by atoms with van der Waals surface area (Å²) in [5.41, 5.74) is 2.83. The Morgan fingerprint density at radius 2 is 2.11 bits per heavy atom. The summed E-state index contributed by atoms with van der Waals surface area (Å²) < 4.78 is 6.83. The van der Waals surface area contributed by atoms with Crippen molar-refractivity contribution in [2.24, 2.45) is 7.05 Å². The zero-order valence-corrected chi connectivity index (χ0v) is 11.2. The van der Waals surface area contributed by atoms with Crippen LogP contribution in [-0.2, 0) is 13.5 Å². The van der Waals surface area contributed by atoms with Crippen LogP contribution in [0.4, 0.5) is 0 Å². The van der Waals surface area contributed by atoms with Crippen molar-refractivity contribution >= 4 is 5.97 Å². The van der Waals surface area contributed by atoms with Crippen LogP contribution in [0.3, 0.4) is 0 Å². The van der Waals surface area contributed by atoms with E-state index in [0.717, 1.165) is 29.0 Å². The van der Waals surface area contributed by atoms with Crippen LogP contribution in [0, 0.1) is 0 Å². The summed E-state index contributed by atoms with van der Waals surface area (Å²) in [7, 11) is 3.34. The molecule has 0 radical (unpaired) electrons. The molecule has 0 aliphatic heterocycles. The molecule has 19 heavy (non-hydrogen) atoms. The Morgan fingerprint density at radius 3 is 2.63 bits per heavy atom. The Bertz CT molecular complexity index is 595. The number of carbonyl (C=O) groups is 1. The van der Waals surface area contributed by atoms with Crippen molar-refractivity contribution in [3.63, 3.8) is 0 Å². The van der Waals surface area contributed by atoms with E-state index >= 15 is 0 Å². The lowest BCUT2D eigenvalue weighted by Crippen LogP contribution is -1.99. The highest BCUT2D eigenvalue weighted by atomic mass is 16.5. The average molecular weight is 260 g/mol. The summed E-state index contributed by atoms with van der Waals surface area (Å²) in [6, 6.07) is 7.43. The van der Waals surface area contributed by atoms with Crippen LogP contribution in [0.1, 0.15) is 23.0 Å². The van der Waals surface area contributed by atoms with E-state index in [0.29, 0.717) is 0 Å². The molecule has 0 unspecified atom stereocenters. The number of hydrogen-bond acceptors (Lipinski definition) is 3. The van der Waals surface area contributed by atoms with E-state index in [1.165, 1.54) is 0 Å². The third-order valence-electron chi connectivity index (χ3n) is 3.00. The van der Waals surface area contributed by atoms with Crippen molar-refractivity contribution in [3.05, 3.63) is 35.5 Å². The maximum absolute atomic E-state index is 10.9. The highest BCUT2D eigenvalue weighted by Crippen LogP contribution is 2.26. The Balaban J connectivity index is 2.54. The number of rotatable bonds is 4. The molecule has 0 fully saturated rings. The molecule has 2 rings (SSSR count). The number of carboxylic acids is 1. The molecule has 2 aromatic rings. The number of aromatic carboxylic acids is 1. The Hall–Kier alpha value is -2.30. The normalized spacial score (nSPS) is 10.5. The minimum Gasteiger partial charge on any atom is -0.497 e. The van der Waals surface area contributed by atoms with E-state index in [1.807, 2.05) is 18.2 Å². The third kappa shape index (κ3) is 2.59. The summed E-state index contributed by atoms with van der Waals surface area (Å²) in [4.78, 5) is 10.9. The maximum Gasteiger partial charge on any atom is 0.356 e. The van der Waals surface area contributed by atoms with Gasteiger partial charge in [0, 0.05) is 12.6 Å². The number of benzene rings is 1. The first-order chi connectivity index (χ1) is 9.05. The van der Waals surface area contributed by atoms with Gasteiger partial charge in [-0.2, -0.15) is 5.10 Å². The van der Waals surface area contributed by atoms with E-state index in [2.05, 4.69) is 12.0 Å². The Labute approximate surface area is 111 Å². The predicted octanol–water partition coefficient (Wildman–Crippen LogP) is 2.36. The first kappa shape index (κ1) is 13.1. The van der Waals surface area contributed by atoms with E-state index in [4.69, 9.17) is 9.84 Å². The second kappa shape index (κ2) is 5.14. The summed E-state index contributed by atoms with van der Waals surface area (Å²) in [5.74, 6) is -0.270. The van der Waals surface area contributed by atoms with Gasteiger partial charge in [0.1, 0.15) is 5.75 Å². The van der Waals surface area contributed by atoms with Gasteiger partial charge in [-0.05, 0) is 36.2 Å². The molecule has 1 heterocycles. The van der Waals surface area contributed by atoms with Gasteiger partial charge in [-0.3, -0.25) is 4.68 Å². The molecular formula is C14H16N2O3. The van der Waals surface area contributed by atoms with Crippen LogP contribution in [0.5, 0.6) is 5.75 Å². The molecule has 0 spiro atoms. The molecule has 100 valence electrons. The SMILES string of the molecule is CCc1cc(OC)cc(-c2cc(C(=O)O)nn2C)c1. The molecule has 1 aromatic heterocycles. The second-order valence-corrected chi connectivity index (χ2v) is 4.27. The van der Waals surface area contributed by atoms with E-state index < -0.39 is 5.97 Å². The second-order valence-electron chi connectivity index (χ2n) is 4.27. The van der Waals surface area contributed by atoms with Gasteiger partial charge in [0.2, 0.25) is 0 Å². The van der Waals surface area contributed by atoms with Crippen molar-refractivity contribution in [2.45, 2.75) is 13.3 Å². The highest BCUT2D eigenvalue weighted by molar-refractivity contribution is 5.87. The van der Waals surface area contributed by atoms with E-state index in [1.54, 1.807) is 24.9 Å². The zero-order valence-electron chi connectivity index (χ0n) is 11.2. The van der Waals surface area contributed by atoms with Crippen molar-refractivity contribution < 1.29 is 14.6 Å².